The first-order valence-electron chi connectivity index (χ1n) is 9.62. The number of halogens is 3. The number of hydrogen-bond acceptors (Lipinski definition) is 7. The van der Waals surface area contributed by atoms with Gasteiger partial charge in [-0.25, -0.2) is 18.0 Å². The summed E-state index contributed by atoms with van der Waals surface area (Å²) in [5.41, 5.74) is -5.46. The van der Waals surface area contributed by atoms with Crippen molar-refractivity contribution < 1.29 is 45.8 Å². The number of nitrogens with one attached hydrogen (secondary N) is 1. The number of amides is 1. The molecule has 2 N–H and O–H groups in total. The summed E-state index contributed by atoms with van der Waals surface area (Å²) in [6.45, 7) is 2.89. The van der Waals surface area contributed by atoms with Crippen molar-refractivity contribution in [3.63, 3.8) is 0 Å². The van der Waals surface area contributed by atoms with Gasteiger partial charge < -0.3 is 19.9 Å². The highest BCUT2D eigenvalue weighted by Gasteiger charge is 2.48. The second-order valence-electron chi connectivity index (χ2n) is 7.19. The summed E-state index contributed by atoms with van der Waals surface area (Å²) >= 11 is 0. The van der Waals surface area contributed by atoms with Gasteiger partial charge in [0.05, 0.1) is 11.0 Å². The molecule has 33 heavy (non-hydrogen) atoms. The van der Waals surface area contributed by atoms with E-state index in [1.807, 2.05) is 0 Å². The van der Waals surface area contributed by atoms with Gasteiger partial charge in [0.2, 0.25) is 0 Å². The molecule has 0 fully saturated rings. The summed E-state index contributed by atoms with van der Waals surface area (Å²) in [5.74, 6) is -1.73. The van der Waals surface area contributed by atoms with E-state index >= 15 is 0 Å². The molecule has 2 aromatic carbocycles. The van der Waals surface area contributed by atoms with E-state index < -0.39 is 62.2 Å². The number of phenolic OH excluding ortho intramolecular Hbond substituents is 1. The van der Waals surface area contributed by atoms with E-state index in [0.717, 1.165) is 12.1 Å². The van der Waals surface area contributed by atoms with Gasteiger partial charge in [-0.05, 0) is 37.1 Å². The Kier molecular flexibility index (Phi) is 8.31. The van der Waals surface area contributed by atoms with Crippen LogP contribution in [0.1, 0.15) is 25.0 Å². The van der Waals surface area contributed by atoms with Crippen molar-refractivity contribution in [3.8, 4) is 5.75 Å². The van der Waals surface area contributed by atoms with Crippen LogP contribution in [0.15, 0.2) is 53.4 Å². The van der Waals surface area contributed by atoms with Crippen molar-refractivity contribution in [2.75, 3.05) is 0 Å². The Morgan fingerprint density at radius 1 is 1.09 bits per heavy atom. The van der Waals surface area contributed by atoms with Crippen LogP contribution in [0.25, 0.3) is 0 Å². The predicted molar refractivity (Wildman–Crippen MR) is 110 cm³/mol. The van der Waals surface area contributed by atoms with Crippen molar-refractivity contribution in [3.05, 3.63) is 59.7 Å². The average Bonchev–Trinajstić information content (AvgIpc) is 2.72. The van der Waals surface area contributed by atoms with E-state index in [2.05, 4.69) is 5.32 Å². The molecule has 180 valence electrons. The van der Waals surface area contributed by atoms with Crippen LogP contribution in [0.4, 0.5) is 18.0 Å². The Balaban J connectivity index is 2.30. The fraction of sp³-hybridized carbons (Fsp3) is 0.333. The van der Waals surface area contributed by atoms with Gasteiger partial charge in [-0.15, -0.1) is 0 Å². The highest BCUT2D eigenvalue weighted by Crippen LogP contribution is 2.34. The number of rotatable bonds is 8. The molecule has 2 rings (SSSR count). The van der Waals surface area contributed by atoms with Crippen molar-refractivity contribution in [1.82, 2.24) is 5.32 Å². The number of carbonyl (C=O) groups excluding carboxylic acids is 2. The highest BCUT2D eigenvalue weighted by atomic mass is 32.2. The largest absolute Gasteiger partial charge is 0.508 e. The smallest absolute Gasteiger partial charge is 0.501 e. The lowest BCUT2D eigenvalue weighted by molar-refractivity contribution is -0.149. The van der Waals surface area contributed by atoms with Crippen LogP contribution in [0.2, 0.25) is 0 Å². The lowest BCUT2D eigenvalue weighted by Crippen LogP contribution is -2.44. The topological polar surface area (TPSA) is 119 Å². The molecule has 0 saturated heterocycles. The fourth-order valence-corrected chi connectivity index (χ4v) is 3.74. The second-order valence-corrected chi connectivity index (χ2v) is 9.10. The van der Waals surface area contributed by atoms with Gasteiger partial charge in [0.1, 0.15) is 18.4 Å². The van der Waals surface area contributed by atoms with Gasteiger partial charge in [0.15, 0.2) is 0 Å². The Bertz CT molecular complexity index is 1090. The molecule has 1 amide bonds. The van der Waals surface area contributed by atoms with Crippen LogP contribution in [0, 0.1) is 0 Å². The highest BCUT2D eigenvalue weighted by molar-refractivity contribution is 7.92. The van der Waals surface area contributed by atoms with E-state index in [0.29, 0.717) is 11.6 Å². The Morgan fingerprint density at radius 2 is 1.73 bits per heavy atom. The number of alkyl carbamates (subject to hydrolysis) is 1. The molecule has 1 atom stereocenters. The molecule has 0 spiro atoms. The van der Waals surface area contributed by atoms with E-state index in [9.17, 15) is 36.3 Å². The lowest BCUT2D eigenvalue weighted by Gasteiger charge is -2.21. The molecule has 0 aliphatic heterocycles. The van der Waals surface area contributed by atoms with Gasteiger partial charge in [-0.2, -0.15) is 13.2 Å². The van der Waals surface area contributed by atoms with E-state index in [-0.39, 0.29) is 6.61 Å². The van der Waals surface area contributed by atoms with Crippen molar-refractivity contribution in [2.45, 2.75) is 49.4 Å². The number of esters is 1. The SMILES string of the molecule is CC(C)OC(=O)[C@H](Cc1ccc(O)cc1S(=O)(=O)C(F)(F)F)NC(=O)OCc1ccccc1. The molecule has 0 heterocycles. The van der Waals surface area contributed by atoms with Crippen LogP contribution in [0.5, 0.6) is 5.75 Å². The first kappa shape index (κ1) is 26.0. The number of aromatic hydroxyl groups is 1. The summed E-state index contributed by atoms with van der Waals surface area (Å²) in [7, 11) is -5.85. The van der Waals surface area contributed by atoms with Crippen LogP contribution in [-0.4, -0.2) is 43.2 Å². The van der Waals surface area contributed by atoms with Crippen LogP contribution in [0.3, 0.4) is 0 Å². The standard InChI is InChI=1S/C21H22F3NO7S/c1-13(2)32-19(27)17(25-20(28)31-12-14-6-4-3-5-7-14)10-15-8-9-16(26)11-18(15)33(29,30)21(22,23)24/h3-9,11,13,17,26H,10,12H2,1-2H3,(H,25,28)/t17-/m0/s1. The molecule has 0 bridgehead atoms. The molecule has 12 heteroatoms. The third-order valence-corrected chi connectivity index (χ3v) is 5.78. The number of phenols is 1. The van der Waals surface area contributed by atoms with Crippen LogP contribution >= 0.6 is 0 Å². The molecular weight excluding hydrogens is 467 g/mol. The summed E-state index contributed by atoms with van der Waals surface area (Å²) in [6, 6.07) is 9.29. The minimum absolute atomic E-state index is 0.147. The Labute approximate surface area is 188 Å². The summed E-state index contributed by atoms with van der Waals surface area (Å²) < 4.78 is 73.4. The van der Waals surface area contributed by atoms with Crippen molar-refractivity contribution in [2.24, 2.45) is 0 Å². The molecular formula is C21H22F3NO7S. The lowest BCUT2D eigenvalue weighted by atomic mass is 10.1. The van der Waals surface area contributed by atoms with Gasteiger partial charge in [-0.1, -0.05) is 36.4 Å². The van der Waals surface area contributed by atoms with E-state index in [4.69, 9.17) is 9.47 Å². The second kappa shape index (κ2) is 10.6. The maximum absolute atomic E-state index is 13.1. The minimum atomic E-state index is -5.85. The third kappa shape index (κ3) is 7.11. The number of carbonyl (C=O) groups is 2. The summed E-state index contributed by atoms with van der Waals surface area (Å²) in [4.78, 5) is 23.5. The van der Waals surface area contributed by atoms with Gasteiger partial charge in [0, 0.05) is 6.42 Å². The Morgan fingerprint density at radius 3 is 2.30 bits per heavy atom. The Hall–Kier alpha value is -3.28. The number of benzene rings is 2. The zero-order valence-corrected chi connectivity index (χ0v) is 18.4. The van der Waals surface area contributed by atoms with Crippen LogP contribution in [-0.2, 0) is 37.1 Å². The van der Waals surface area contributed by atoms with Crippen molar-refractivity contribution >= 4 is 21.9 Å². The van der Waals surface area contributed by atoms with Gasteiger partial charge in [0.25, 0.3) is 9.84 Å². The first-order valence-corrected chi connectivity index (χ1v) is 11.1. The summed E-state index contributed by atoms with van der Waals surface area (Å²) in [6.07, 6.45) is -2.36. The number of hydrogen-bond donors (Lipinski definition) is 2. The monoisotopic (exact) mass is 489 g/mol. The molecule has 0 unspecified atom stereocenters. The predicted octanol–water partition coefficient (Wildman–Crippen LogP) is 3.47. The molecule has 8 nitrogen and oxygen atoms in total. The van der Waals surface area contributed by atoms with E-state index in [1.165, 1.54) is 13.8 Å². The fourth-order valence-electron chi connectivity index (χ4n) is 2.72. The molecule has 0 radical (unpaired) electrons. The third-order valence-electron chi connectivity index (χ3n) is 4.21. The van der Waals surface area contributed by atoms with Gasteiger partial charge in [-0.3, -0.25) is 0 Å². The molecule has 0 aliphatic rings. The van der Waals surface area contributed by atoms with Crippen LogP contribution < -0.4 is 5.32 Å². The zero-order chi connectivity index (χ0) is 24.8. The number of ether oxygens (including phenoxy) is 2. The normalized spacial score (nSPS) is 12.8. The molecule has 2 aromatic rings. The first-order chi connectivity index (χ1) is 15.3. The molecule has 0 aromatic heterocycles. The quantitative estimate of drug-likeness (QED) is 0.545. The average molecular weight is 489 g/mol. The molecule has 0 saturated carbocycles. The van der Waals surface area contributed by atoms with Gasteiger partial charge >= 0.3 is 17.6 Å². The minimum Gasteiger partial charge on any atom is -0.508 e. The summed E-state index contributed by atoms with van der Waals surface area (Å²) in [5, 5.41) is 11.7. The number of alkyl halides is 3. The zero-order valence-electron chi connectivity index (χ0n) is 17.6. The molecule has 0 aliphatic carbocycles. The van der Waals surface area contributed by atoms with E-state index in [1.54, 1.807) is 30.3 Å². The maximum Gasteiger partial charge on any atom is 0.501 e. The number of sulfone groups is 1. The van der Waals surface area contributed by atoms with Crippen molar-refractivity contribution in [1.29, 1.82) is 0 Å². The maximum atomic E-state index is 13.1.